The van der Waals surface area contributed by atoms with Crippen molar-refractivity contribution in [2.75, 3.05) is 7.05 Å². The zero-order valence-electron chi connectivity index (χ0n) is 10.9. The molecule has 1 nitrogen and oxygen atoms in total. The summed E-state index contributed by atoms with van der Waals surface area (Å²) < 4.78 is 0. The Morgan fingerprint density at radius 1 is 1.38 bits per heavy atom. The highest BCUT2D eigenvalue weighted by Gasteiger charge is 2.13. The van der Waals surface area contributed by atoms with Gasteiger partial charge in [0.2, 0.25) is 0 Å². The molecule has 0 fully saturated rings. The first kappa shape index (κ1) is 13.0. The molecule has 0 bridgehead atoms. The van der Waals surface area contributed by atoms with Gasteiger partial charge in [0.05, 0.1) is 0 Å². The van der Waals surface area contributed by atoms with Crippen LogP contribution < -0.4 is 5.32 Å². The molecule has 1 atom stereocenters. The van der Waals surface area contributed by atoms with Gasteiger partial charge in [0.15, 0.2) is 0 Å². The topological polar surface area (TPSA) is 12.0 Å². The van der Waals surface area contributed by atoms with Crippen LogP contribution in [0.2, 0.25) is 0 Å². The summed E-state index contributed by atoms with van der Waals surface area (Å²) in [6.45, 7) is 10.6. The molecule has 0 heterocycles. The molecule has 1 aromatic carbocycles. The summed E-state index contributed by atoms with van der Waals surface area (Å²) in [7, 11) is 2.02. The Kier molecular flexibility index (Phi) is 4.75. The predicted molar refractivity (Wildman–Crippen MR) is 71.8 cm³/mol. The van der Waals surface area contributed by atoms with Gasteiger partial charge in [-0.05, 0) is 50.4 Å². The Labute approximate surface area is 99.6 Å². The van der Waals surface area contributed by atoms with Crippen LogP contribution >= 0.6 is 0 Å². The van der Waals surface area contributed by atoms with Crippen LogP contribution in [0.4, 0.5) is 0 Å². The van der Waals surface area contributed by atoms with Crippen molar-refractivity contribution in [1.29, 1.82) is 0 Å². The summed E-state index contributed by atoms with van der Waals surface area (Å²) in [6, 6.07) is 6.91. The van der Waals surface area contributed by atoms with E-state index in [1.165, 1.54) is 22.3 Å². The zero-order valence-corrected chi connectivity index (χ0v) is 10.9. The molecule has 0 amide bonds. The summed E-state index contributed by atoms with van der Waals surface area (Å²) >= 11 is 0. The fraction of sp³-hybridized carbons (Fsp3) is 0.467. The van der Waals surface area contributed by atoms with E-state index in [4.69, 9.17) is 0 Å². The Balaban J connectivity index is 2.95. The highest BCUT2D eigenvalue weighted by molar-refractivity contribution is 5.35. The number of aryl methyl sites for hydroxylation is 1. The summed E-state index contributed by atoms with van der Waals surface area (Å²) in [6.07, 6.45) is 2.08. The molecule has 1 rings (SSSR count). The van der Waals surface area contributed by atoms with E-state index in [2.05, 4.69) is 50.9 Å². The van der Waals surface area contributed by atoms with E-state index < -0.39 is 0 Å². The molecule has 16 heavy (non-hydrogen) atoms. The monoisotopic (exact) mass is 217 g/mol. The molecule has 0 aliphatic carbocycles. The SMILES string of the molecule is C=C(CC)CC(NC)c1cccc(C)c1C. The third-order valence-corrected chi connectivity index (χ3v) is 3.36. The van der Waals surface area contributed by atoms with Gasteiger partial charge in [-0.3, -0.25) is 0 Å². The molecule has 1 unspecified atom stereocenters. The highest BCUT2D eigenvalue weighted by atomic mass is 14.9. The van der Waals surface area contributed by atoms with Gasteiger partial charge < -0.3 is 5.32 Å². The lowest BCUT2D eigenvalue weighted by Gasteiger charge is -2.20. The molecule has 0 aromatic heterocycles. The van der Waals surface area contributed by atoms with Gasteiger partial charge in [0, 0.05) is 6.04 Å². The Morgan fingerprint density at radius 2 is 2.06 bits per heavy atom. The van der Waals surface area contributed by atoms with E-state index >= 15 is 0 Å². The van der Waals surface area contributed by atoms with Gasteiger partial charge >= 0.3 is 0 Å². The standard InChI is InChI=1S/C15H23N/c1-6-11(2)10-15(16-5)14-9-7-8-12(3)13(14)4/h7-9,15-16H,2,6,10H2,1,3-5H3. The van der Waals surface area contributed by atoms with Gasteiger partial charge in [-0.15, -0.1) is 0 Å². The summed E-state index contributed by atoms with van der Waals surface area (Å²) in [5, 5.41) is 3.39. The van der Waals surface area contributed by atoms with Crippen LogP contribution in [0.25, 0.3) is 0 Å². The molecular formula is C15H23N. The maximum atomic E-state index is 4.10. The van der Waals surface area contributed by atoms with Gasteiger partial charge in [-0.25, -0.2) is 0 Å². The summed E-state index contributed by atoms with van der Waals surface area (Å²) in [5.41, 5.74) is 5.46. The van der Waals surface area contributed by atoms with Crippen LogP contribution in [0.15, 0.2) is 30.4 Å². The molecule has 0 aliphatic heterocycles. The quantitative estimate of drug-likeness (QED) is 0.737. The van der Waals surface area contributed by atoms with Crippen molar-refractivity contribution in [1.82, 2.24) is 5.32 Å². The number of rotatable bonds is 5. The highest BCUT2D eigenvalue weighted by Crippen LogP contribution is 2.25. The number of hydrogen-bond acceptors (Lipinski definition) is 1. The van der Waals surface area contributed by atoms with E-state index in [1.807, 2.05) is 7.05 Å². The lowest BCUT2D eigenvalue weighted by atomic mass is 9.93. The predicted octanol–water partition coefficient (Wildman–Crippen LogP) is 3.92. The number of nitrogens with one attached hydrogen (secondary N) is 1. The summed E-state index contributed by atoms with van der Waals surface area (Å²) in [5.74, 6) is 0. The lowest BCUT2D eigenvalue weighted by molar-refractivity contribution is 0.579. The average molecular weight is 217 g/mol. The Bertz CT molecular complexity index is 366. The molecule has 1 aromatic rings. The van der Waals surface area contributed by atoms with Crippen molar-refractivity contribution in [3.05, 3.63) is 47.0 Å². The Hall–Kier alpha value is -1.08. The minimum absolute atomic E-state index is 0.396. The fourth-order valence-corrected chi connectivity index (χ4v) is 1.95. The van der Waals surface area contributed by atoms with E-state index in [-0.39, 0.29) is 0 Å². The van der Waals surface area contributed by atoms with Crippen molar-refractivity contribution in [2.24, 2.45) is 0 Å². The third kappa shape index (κ3) is 2.96. The van der Waals surface area contributed by atoms with Gasteiger partial charge in [-0.1, -0.05) is 37.3 Å². The fourth-order valence-electron chi connectivity index (χ4n) is 1.95. The first-order chi connectivity index (χ1) is 7.60. The molecule has 1 heteroatoms. The van der Waals surface area contributed by atoms with Gasteiger partial charge in [-0.2, -0.15) is 0 Å². The van der Waals surface area contributed by atoms with Crippen LogP contribution in [-0.2, 0) is 0 Å². The number of benzene rings is 1. The molecule has 88 valence electrons. The first-order valence-electron chi connectivity index (χ1n) is 6.00. The second kappa shape index (κ2) is 5.86. The summed E-state index contributed by atoms with van der Waals surface area (Å²) in [4.78, 5) is 0. The first-order valence-corrected chi connectivity index (χ1v) is 6.00. The van der Waals surface area contributed by atoms with Gasteiger partial charge in [0.1, 0.15) is 0 Å². The van der Waals surface area contributed by atoms with E-state index in [1.54, 1.807) is 0 Å². The maximum absolute atomic E-state index is 4.10. The second-order valence-corrected chi connectivity index (χ2v) is 4.44. The number of hydrogen-bond donors (Lipinski definition) is 1. The molecule has 0 radical (unpaired) electrons. The minimum Gasteiger partial charge on any atom is -0.313 e. The maximum Gasteiger partial charge on any atom is 0.0357 e. The smallest absolute Gasteiger partial charge is 0.0357 e. The molecule has 0 spiro atoms. The third-order valence-electron chi connectivity index (χ3n) is 3.36. The van der Waals surface area contributed by atoms with Crippen LogP contribution in [-0.4, -0.2) is 7.05 Å². The zero-order chi connectivity index (χ0) is 12.1. The minimum atomic E-state index is 0.396. The normalized spacial score (nSPS) is 12.5. The van der Waals surface area contributed by atoms with E-state index in [0.717, 1.165) is 12.8 Å². The molecule has 1 N–H and O–H groups in total. The average Bonchev–Trinajstić information content (AvgIpc) is 2.29. The molecular weight excluding hydrogens is 194 g/mol. The van der Waals surface area contributed by atoms with Crippen LogP contribution in [0.3, 0.4) is 0 Å². The Morgan fingerprint density at radius 3 is 2.62 bits per heavy atom. The van der Waals surface area contributed by atoms with Gasteiger partial charge in [0.25, 0.3) is 0 Å². The molecule has 0 saturated heterocycles. The van der Waals surface area contributed by atoms with Crippen LogP contribution in [0.5, 0.6) is 0 Å². The van der Waals surface area contributed by atoms with Crippen LogP contribution in [0.1, 0.15) is 42.5 Å². The lowest BCUT2D eigenvalue weighted by Crippen LogP contribution is -2.18. The van der Waals surface area contributed by atoms with Crippen molar-refractivity contribution in [2.45, 2.75) is 39.7 Å². The van der Waals surface area contributed by atoms with E-state index in [9.17, 15) is 0 Å². The second-order valence-electron chi connectivity index (χ2n) is 4.44. The molecule has 0 saturated carbocycles. The van der Waals surface area contributed by atoms with Crippen molar-refractivity contribution in [3.8, 4) is 0 Å². The molecule has 0 aliphatic rings. The van der Waals surface area contributed by atoms with Crippen LogP contribution in [0, 0.1) is 13.8 Å². The largest absolute Gasteiger partial charge is 0.313 e. The van der Waals surface area contributed by atoms with Crippen molar-refractivity contribution < 1.29 is 0 Å². The van der Waals surface area contributed by atoms with Crippen molar-refractivity contribution in [3.63, 3.8) is 0 Å². The van der Waals surface area contributed by atoms with E-state index in [0.29, 0.717) is 6.04 Å². The van der Waals surface area contributed by atoms with Crippen molar-refractivity contribution >= 4 is 0 Å².